The van der Waals surface area contributed by atoms with E-state index in [4.69, 9.17) is 9.47 Å². The number of nitrogens with zero attached hydrogens (tertiary/aromatic N) is 4. The summed E-state index contributed by atoms with van der Waals surface area (Å²) in [5, 5.41) is 10.9. The molecule has 1 atom stereocenters. The van der Waals surface area contributed by atoms with Crippen LogP contribution in [0, 0.1) is 0 Å². The number of ether oxygens (including phenoxy) is 3. The molecule has 32 heavy (non-hydrogen) atoms. The lowest BCUT2D eigenvalue weighted by atomic mass is 10.3. The number of esters is 1. The van der Waals surface area contributed by atoms with Crippen LogP contribution in [0.4, 0.5) is 0 Å². The van der Waals surface area contributed by atoms with Crippen molar-refractivity contribution in [3.05, 3.63) is 45.1 Å². The minimum absolute atomic E-state index is 0.0381. The highest BCUT2D eigenvalue weighted by atomic mass is 32.2. The van der Waals surface area contributed by atoms with Crippen LogP contribution in [0.2, 0.25) is 0 Å². The monoisotopic (exact) mass is 464 g/mol. The number of methoxy groups -OCH3 is 2. The third-order valence-electron chi connectivity index (χ3n) is 4.75. The van der Waals surface area contributed by atoms with Crippen molar-refractivity contribution in [2.75, 3.05) is 26.6 Å². The van der Waals surface area contributed by atoms with Crippen LogP contribution >= 0.6 is 11.8 Å². The third kappa shape index (κ3) is 4.81. The number of benzene rings is 1. The molecule has 1 N–H and O–H groups in total. The summed E-state index contributed by atoms with van der Waals surface area (Å²) in [5.41, 5.74) is -0.775. The highest BCUT2D eigenvalue weighted by molar-refractivity contribution is 7.99. The van der Waals surface area contributed by atoms with Gasteiger partial charge in [-0.15, -0.1) is 0 Å². The zero-order valence-corrected chi connectivity index (χ0v) is 18.9. The van der Waals surface area contributed by atoms with Crippen molar-refractivity contribution >= 4 is 28.9 Å². The summed E-state index contributed by atoms with van der Waals surface area (Å²) < 4.78 is 19.1. The highest BCUT2D eigenvalue weighted by Crippen LogP contribution is 2.23. The van der Waals surface area contributed by atoms with E-state index in [-0.39, 0.29) is 30.1 Å². The summed E-state index contributed by atoms with van der Waals surface area (Å²) in [4.78, 5) is 41.1. The lowest BCUT2D eigenvalue weighted by molar-refractivity contribution is -0.137. The van der Waals surface area contributed by atoms with E-state index in [0.717, 1.165) is 16.3 Å². The molecule has 3 aromatic rings. The Labute approximate surface area is 187 Å². The van der Waals surface area contributed by atoms with Gasteiger partial charge in [-0.05, 0) is 24.3 Å². The number of imidazole rings is 1. The largest absolute Gasteiger partial charge is 0.497 e. The SMILES string of the molecule is COC(=O)CSc1nc2c(c(=O)n(C)c(=O)n2C)n1C[C@H](O)COc1ccc(OC)cc1. The quantitative estimate of drug-likeness (QED) is 0.348. The van der Waals surface area contributed by atoms with Gasteiger partial charge in [-0.2, -0.15) is 0 Å². The van der Waals surface area contributed by atoms with Crippen LogP contribution < -0.4 is 20.7 Å². The fourth-order valence-corrected chi connectivity index (χ4v) is 3.85. The van der Waals surface area contributed by atoms with Gasteiger partial charge in [0.05, 0.1) is 26.5 Å². The van der Waals surface area contributed by atoms with Crippen LogP contribution in [0.15, 0.2) is 39.0 Å². The van der Waals surface area contributed by atoms with Gasteiger partial charge in [0, 0.05) is 14.1 Å². The average Bonchev–Trinajstić information content (AvgIpc) is 3.16. The number of carbonyl (C=O) groups is 1. The van der Waals surface area contributed by atoms with Crippen molar-refractivity contribution < 1.29 is 24.1 Å². The Balaban J connectivity index is 1.90. The van der Waals surface area contributed by atoms with Gasteiger partial charge in [0.15, 0.2) is 16.3 Å². The molecule has 2 heterocycles. The Hall–Kier alpha value is -3.25. The Morgan fingerprint density at radius 1 is 1.12 bits per heavy atom. The van der Waals surface area contributed by atoms with Crippen LogP contribution in [-0.2, 0) is 30.2 Å². The molecule has 0 aliphatic carbocycles. The number of rotatable bonds is 9. The molecule has 0 aliphatic rings. The normalized spacial score (nSPS) is 12.0. The minimum atomic E-state index is -1.01. The second-order valence-electron chi connectivity index (χ2n) is 6.89. The van der Waals surface area contributed by atoms with Crippen molar-refractivity contribution in [2.24, 2.45) is 14.1 Å². The average molecular weight is 465 g/mol. The molecule has 0 fully saturated rings. The smallest absolute Gasteiger partial charge is 0.332 e. The number of aliphatic hydroxyl groups is 1. The van der Waals surface area contributed by atoms with Crippen LogP contribution in [0.1, 0.15) is 0 Å². The van der Waals surface area contributed by atoms with Crippen molar-refractivity contribution in [3.8, 4) is 11.5 Å². The molecule has 0 spiro atoms. The Bertz CT molecular complexity index is 1230. The van der Waals surface area contributed by atoms with Crippen molar-refractivity contribution in [3.63, 3.8) is 0 Å². The van der Waals surface area contributed by atoms with E-state index in [9.17, 15) is 19.5 Å². The van der Waals surface area contributed by atoms with E-state index in [2.05, 4.69) is 9.72 Å². The maximum absolute atomic E-state index is 12.8. The first-order valence-electron chi connectivity index (χ1n) is 9.57. The Morgan fingerprint density at radius 2 is 1.78 bits per heavy atom. The molecular weight excluding hydrogens is 440 g/mol. The minimum Gasteiger partial charge on any atom is -0.497 e. The predicted molar refractivity (Wildman–Crippen MR) is 117 cm³/mol. The summed E-state index contributed by atoms with van der Waals surface area (Å²) in [6.45, 7) is -0.0944. The third-order valence-corrected chi connectivity index (χ3v) is 5.70. The Morgan fingerprint density at radius 3 is 2.41 bits per heavy atom. The number of hydrogen-bond acceptors (Lipinski definition) is 9. The molecule has 11 nitrogen and oxygen atoms in total. The molecule has 12 heteroatoms. The van der Waals surface area contributed by atoms with E-state index < -0.39 is 23.3 Å². The van der Waals surface area contributed by atoms with Gasteiger partial charge in [-0.3, -0.25) is 18.7 Å². The van der Waals surface area contributed by atoms with Gasteiger partial charge in [0.1, 0.15) is 24.2 Å². The molecule has 0 aliphatic heterocycles. The molecule has 0 saturated carbocycles. The van der Waals surface area contributed by atoms with E-state index in [1.165, 1.54) is 30.3 Å². The molecule has 3 rings (SSSR count). The molecule has 0 saturated heterocycles. The number of carbonyl (C=O) groups excluding carboxylic acids is 1. The number of fused-ring (bicyclic) bond motifs is 1. The van der Waals surface area contributed by atoms with E-state index in [1.807, 2.05) is 0 Å². The first-order chi connectivity index (χ1) is 15.3. The molecule has 0 amide bonds. The summed E-state index contributed by atoms with van der Waals surface area (Å²) in [6.07, 6.45) is -1.01. The van der Waals surface area contributed by atoms with Crippen LogP contribution in [0.3, 0.4) is 0 Å². The van der Waals surface area contributed by atoms with Gasteiger partial charge < -0.3 is 23.9 Å². The number of aliphatic hydroxyl groups excluding tert-OH is 1. The van der Waals surface area contributed by atoms with Crippen molar-refractivity contribution in [1.29, 1.82) is 0 Å². The van der Waals surface area contributed by atoms with Crippen LogP contribution in [-0.4, -0.2) is 62.4 Å². The van der Waals surface area contributed by atoms with E-state index >= 15 is 0 Å². The molecular formula is C20H24N4O7S. The number of hydrogen-bond donors (Lipinski definition) is 1. The first-order valence-corrected chi connectivity index (χ1v) is 10.6. The second kappa shape index (κ2) is 9.92. The van der Waals surface area contributed by atoms with Crippen molar-refractivity contribution in [2.45, 2.75) is 17.8 Å². The predicted octanol–water partition coefficient (Wildman–Crippen LogP) is 0.147. The fraction of sp³-hybridized carbons (Fsp3) is 0.400. The molecule has 2 aromatic heterocycles. The van der Waals surface area contributed by atoms with Gasteiger partial charge >= 0.3 is 11.7 Å². The summed E-state index contributed by atoms with van der Waals surface area (Å²) in [6, 6.07) is 6.89. The number of aryl methyl sites for hydroxylation is 1. The van der Waals surface area contributed by atoms with Gasteiger partial charge in [-0.1, -0.05) is 11.8 Å². The van der Waals surface area contributed by atoms with Gasteiger partial charge in [0.2, 0.25) is 0 Å². The molecule has 1 aromatic carbocycles. The molecule has 0 unspecified atom stereocenters. The molecule has 172 valence electrons. The zero-order valence-electron chi connectivity index (χ0n) is 18.1. The zero-order chi connectivity index (χ0) is 23.4. The lowest BCUT2D eigenvalue weighted by Crippen LogP contribution is -2.38. The topological polar surface area (TPSA) is 127 Å². The number of aromatic nitrogens is 4. The van der Waals surface area contributed by atoms with Gasteiger partial charge in [0.25, 0.3) is 5.56 Å². The summed E-state index contributed by atoms with van der Waals surface area (Å²) >= 11 is 1.04. The first kappa shape index (κ1) is 23.4. The molecule has 0 bridgehead atoms. The maximum Gasteiger partial charge on any atom is 0.332 e. The van der Waals surface area contributed by atoms with Crippen molar-refractivity contribution in [1.82, 2.24) is 18.7 Å². The maximum atomic E-state index is 12.8. The van der Waals surface area contributed by atoms with E-state index in [1.54, 1.807) is 31.4 Å². The Kier molecular flexibility index (Phi) is 7.26. The lowest BCUT2D eigenvalue weighted by Gasteiger charge is -2.15. The standard InChI is InChI=1S/C20H24N4O7S/c1-22-17-16(18(27)23(2)20(22)28)24(19(21-17)32-11-15(26)30-4)9-12(25)10-31-14-7-5-13(29-3)6-8-14/h5-8,12,25H,9-11H2,1-4H3/t12-/m0/s1. The second-order valence-corrected chi connectivity index (χ2v) is 7.83. The highest BCUT2D eigenvalue weighted by Gasteiger charge is 2.22. The fourth-order valence-electron chi connectivity index (χ4n) is 3.02. The summed E-state index contributed by atoms with van der Waals surface area (Å²) in [5.74, 6) is 0.696. The van der Waals surface area contributed by atoms with Crippen LogP contribution in [0.25, 0.3) is 11.2 Å². The van der Waals surface area contributed by atoms with Gasteiger partial charge in [-0.25, -0.2) is 9.78 Å². The van der Waals surface area contributed by atoms with E-state index in [0.29, 0.717) is 16.7 Å². The van der Waals surface area contributed by atoms with Crippen LogP contribution in [0.5, 0.6) is 11.5 Å². The summed E-state index contributed by atoms with van der Waals surface area (Å²) in [7, 11) is 5.70. The number of thioether (sulfide) groups is 1. The molecule has 0 radical (unpaired) electrons.